The minimum Gasteiger partial charge on any atom is -0.464 e. The first-order valence-corrected chi connectivity index (χ1v) is 4.40. The summed E-state index contributed by atoms with van der Waals surface area (Å²) in [5, 5.41) is 0. The normalized spacial score (nSPS) is 11.8. The Balaban J connectivity index is 2.68. The second-order valence-corrected chi connectivity index (χ2v) is 3.14. The summed E-state index contributed by atoms with van der Waals surface area (Å²) in [7, 11) is 0. The van der Waals surface area contributed by atoms with Crippen molar-refractivity contribution in [1.82, 2.24) is 0 Å². The number of benzene rings is 1. The molecule has 0 unspecified atom stereocenters. The van der Waals surface area contributed by atoms with E-state index in [-0.39, 0.29) is 5.76 Å². The maximum absolute atomic E-state index is 13.4. The van der Waals surface area contributed by atoms with Crippen LogP contribution in [0.5, 0.6) is 0 Å². The molecule has 0 amide bonds. The van der Waals surface area contributed by atoms with Crippen molar-refractivity contribution >= 4 is 0 Å². The van der Waals surface area contributed by atoms with Gasteiger partial charge < -0.3 is 4.42 Å². The Morgan fingerprint density at radius 2 is 1.75 bits per heavy atom. The van der Waals surface area contributed by atoms with Crippen molar-refractivity contribution in [1.29, 1.82) is 0 Å². The lowest BCUT2D eigenvalue weighted by Gasteiger charge is -2.11. The summed E-state index contributed by atoms with van der Waals surface area (Å²) >= 11 is 0. The van der Waals surface area contributed by atoms with Crippen LogP contribution in [0.1, 0.15) is 5.56 Å². The SMILES string of the molecule is Fc1cccc(C(F)(F)F)c1-c1ccco1. The molecular weight excluding hydrogens is 224 g/mol. The average Bonchev–Trinajstić information content (AvgIpc) is 2.68. The highest BCUT2D eigenvalue weighted by Crippen LogP contribution is 2.38. The van der Waals surface area contributed by atoms with Gasteiger partial charge in [-0.1, -0.05) is 6.07 Å². The highest BCUT2D eigenvalue weighted by Gasteiger charge is 2.35. The number of rotatable bonds is 1. The molecular formula is C11H6F4O. The highest BCUT2D eigenvalue weighted by molar-refractivity contribution is 5.63. The van der Waals surface area contributed by atoms with E-state index in [1.807, 2.05) is 0 Å². The molecule has 0 aliphatic carbocycles. The number of furan rings is 1. The third kappa shape index (κ3) is 1.80. The van der Waals surface area contributed by atoms with Crippen LogP contribution in [0.3, 0.4) is 0 Å². The molecule has 84 valence electrons. The molecule has 0 aliphatic heterocycles. The Morgan fingerprint density at radius 1 is 1.00 bits per heavy atom. The van der Waals surface area contributed by atoms with E-state index in [2.05, 4.69) is 0 Å². The Morgan fingerprint density at radius 3 is 2.31 bits per heavy atom. The fourth-order valence-corrected chi connectivity index (χ4v) is 1.43. The van der Waals surface area contributed by atoms with Gasteiger partial charge in [-0.25, -0.2) is 4.39 Å². The van der Waals surface area contributed by atoms with Gasteiger partial charge in [0.15, 0.2) is 0 Å². The summed E-state index contributed by atoms with van der Waals surface area (Å²) in [5.74, 6) is -1.09. The lowest BCUT2D eigenvalue weighted by molar-refractivity contribution is -0.137. The molecule has 0 saturated heterocycles. The third-order valence-corrected chi connectivity index (χ3v) is 2.09. The smallest absolute Gasteiger partial charge is 0.417 e. The van der Waals surface area contributed by atoms with Gasteiger partial charge in [-0.2, -0.15) is 13.2 Å². The minimum absolute atomic E-state index is 0.134. The monoisotopic (exact) mass is 230 g/mol. The minimum atomic E-state index is -4.61. The summed E-state index contributed by atoms with van der Waals surface area (Å²) < 4.78 is 56.0. The van der Waals surface area contributed by atoms with E-state index >= 15 is 0 Å². The van der Waals surface area contributed by atoms with Crippen molar-refractivity contribution in [3.63, 3.8) is 0 Å². The van der Waals surface area contributed by atoms with Crippen molar-refractivity contribution in [2.45, 2.75) is 6.18 Å². The predicted octanol–water partition coefficient (Wildman–Crippen LogP) is 4.10. The molecule has 1 aromatic heterocycles. The van der Waals surface area contributed by atoms with Crippen LogP contribution in [0.4, 0.5) is 17.6 Å². The Hall–Kier alpha value is -1.78. The molecule has 1 aromatic carbocycles. The molecule has 16 heavy (non-hydrogen) atoms. The maximum atomic E-state index is 13.4. The summed E-state index contributed by atoms with van der Waals surface area (Å²) in [4.78, 5) is 0. The second-order valence-electron chi connectivity index (χ2n) is 3.14. The van der Waals surface area contributed by atoms with Crippen LogP contribution in [0.25, 0.3) is 11.3 Å². The van der Waals surface area contributed by atoms with Crippen molar-refractivity contribution in [3.8, 4) is 11.3 Å². The quantitative estimate of drug-likeness (QED) is 0.672. The van der Waals surface area contributed by atoms with E-state index in [0.29, 0.717) is 0 Å². The van der Waals surface area contributed by atoms with Crippen LogP contribution in [0.15, 0.2) is 41.0 Å². The van der Waals surface area contributed by atoms with Crippen molar-refractivity contribution in [2.24, 2.45) is 0 Å². The molecule has 0 aliphatic rings. The number of halogens is 4. The van der Waals surface area contributed by atoms with Gasteiger partial charge in [-0.3, -0.25) is 0 Å². The van der Waals surface area contributed by atoms with Crippen LogP contribution in [-0.4, -0.2) is 0 Å². The van der Waals surface area contributed by atoms with Crippen LogP contribution in [0.2, 0.25) is 0 Å². The van der Waals surface area contributed by atoms with Gasteiger partial charge >= 0.3 is 6.18 Å². The van der Waals surface area contributed by atoms with E-state index < -0.39 is 23.1 Å². The zero-order valence-corrected chi connectivity index (χ0v) is 7.88. The number of hydrogen-bond acceptors (Lipinski definition) is 1. The molecule has 0 bridgehead atoms. The highest BCUT2D eigenvalue weighted by atomic mass is 19.4. The van der Waals surface area contributed by atoms with Gasteiger partial charge in [0.25, 0.3) is 0 Å². The first-order chi connectivity index (χ1) is 7.50. The Bertz CT molecular complexity index is 485. The van der Waals surface area contributed by atoms with E-state index in [1.54, 1.807) is 0 Å². The molecule has 0 saturated carbocycles. The molecule has 0 spiro atoms. The first-order valence-electron chi connectivity index (χ1n) is 4.40. The molecule has 0 radical (unpaired) electrons. The van der Waals surface area contributed by atoms with E-state index in [0.717, 1.165) is 18.2 Å². The molecule has 0 N–H and O–H groups in total. The largest absolute Gasteiger partial charge is 0.464 e. The third-order valence-electron chi connectivity index (χ3n) is 2.09. The maximum Gasteiger partial charge on any atom is 0.417 e. The van der Waals surface area contributed by atoms with E-state index in [9.17, 15) is 17.6 Å². The number of alkyl halides is 3. The zero-order chi connectivity index (χ0) is 11.8. The van der Waals surface area contributed by atoms with Crippen molar-refractivity contribution in [2.75, 3.05) is 0 Å². The van der Waals surface area contributed by atoms with E-state index in [4.69, 9.17) is 4.42 Å². The molecule has 2 aromatic rings. The summed E-state index contributed by atoms with van der Waals surface area (Å²) in [5.41, 5.74) is -1.59. The van der Waals surface area contributed by atoms with Gasteiger partial charge in [0.2, 0.25) is 0 Å². The van der Waals surface area contributed by atoms with Gasteiger partial charge in [0.05, 0.1) is 17.4 Å². The summed E-state index contributed by atoms with van der Waals surface area (Å²) in [6.45, 7) is 0. The fraction of sp³-hybridized carbons (Fsp3) is 0.0909. The van der Waals surface area contributed by atoms with Gasteiger partial charge in [0.1, 0.15) is 11.6 Å². The molecule has 0 fully saturated rings. The molecule has 1 nitrogen and oxygen atoms in total. The molecule has 0 atom stereocenters. The lowest BCUT2D eigenvalue weighted by atomic mass is 10.0. The van der Waals surface area contributed by atoms with Crippen LogP contribution < -0.4 is 0 Å². The number of hydrogen-bond donors (Lipinski definition) is 0. The predicted molar refractivity (Wildman–Crippen MR) is 49.1 cm³/mol. The Labute approximate surface area is 88.3 Å². The Kier molecular flexibility index (Phi) is 2.46. The van der Waals surface area contributed by atoms with Crippen LogP contribution in [-0.2, 0) is 6.18 Å². The molecule has 1 heterocycles. The van der Waals surface area contributed by atoms with Gasteiger partial charge in [-0.15, -0.1) is 0 Å². The standard InChI is InChI=1S/C11H6F4O/c12-8-4-1-3-7(11(13,14)15)10(8)9-5-2-6-16-9/h1-6H. The zero-order valence-electron chi connectivity index (χ0n) is 7.88. The first kappa shape index (κ1) is 10.7. The van der Waals surface area contributed by atoms with Crippen LogP contribution in [0, 0.1) is 5.82 Å². The van der Waals surface area contributed by atoms with Gasteiger partial charge in [0, 0.05) is 0 Å². The van der Waals surface area contributed by atoms with Crippen molar-refractivity contribution < 1.29 is 22.0 Å². The van der Waals surface area contributed by atoms with E-state index in [1.165, 1.54) is 18.4 Å². The average molecular weight is 230 g/mol. The molecule has 5 heteroatoms. The van der Waals surface area contributed by atoms with Crippen molar-refractivity contribution in [3.05, 3.63) is 48.0 Å². The summed E-state index contributed by atoms with van der Waals surface area (Å²) in [6.07, 6.45) is -3.41. The fourth-order valence-electron chi connectivity index (χ4n) is 1.43. The summed E-state index contributed by atoms with van der Waals surface area (Å²) in [6, 6.07) is 5.49. The van der Waals surface area contributed by atoms with Crippen LogP contribution >= 0.6 is 0 Å². The topological polar surface area (TPSA) is 13.1 Å². The molecule has 2 rings (SSSR count). The van der Waals surface area contributed by atoms with Gasteiger partial charge in [-0.05, 0) is 24.3 Å². The lowest BCUT2D eigenvalue weighted by Crippen LogP contribution is -2.08. The second kappa shape index (κ2) is 3.66.